The maximum absolute atomic E-state index is 10.9. The zero-order chi connectivity index (χ0) is 14.5. The second kappa shape index (κ2) is 6.03. The molecule has 0 unspecified atom stereocenters. The van der Waals surface area contributed by atoms with E-state index in [0.29, 0.717) is 17.1 Å². The van der Waals surface area contributed by atoms with Gasteiger partial charge in [-0.15, -0.1) is 0 Å². The van der Waals surface area contributed by atoms with Crippen LogP contribution in [0.15, 0.2) is 42.5 Å². The van der Waals surface area contributed by atoms with Crippen LogP contribution in [-0.2, 0) is 6.61 Å². The highest BCUT2D eigenvalue weighted by molar-refractivity contribution is 5.51. The number of hydrogen-bond acceptors (Lipinski definition) is 5. The topological polar surface area (TPSA) is 81.8 Å². The zero-order valence-electron chi connectivity index (χ0n) is 10.8. The van der Waals surface area contributed by atoms with Gasteiger partial charge in [-0.1, -0.05) is 18.2 Å². The van der Waals surface area contributed by atoms with Gasteiger partial charge in [-0.25, -0.2) is 0 Å². The molecule has 6 heteroatoms. The molecule has 0 heterocycles. The van der Waals surface area contributed by atoms with Crippen LogP contribution in [0.25, 0.3) is 0 Å². The van der Waals surface area contributed by atoms with E-state index in [4.69, 9.17) is 14.6 Å². The summed E-state index contributed by atoms with van der Waals surface area (Å²) in [6.07, 6.45) is 0. The van der Waals surface area contributed by atoms with Crippen molar-refractivity contribution in [2.24, 2.45) is 0 Å². The largest absolute Gasteiger partial charge is 0.493 e. The highest BCUT2D eigenvalue weighted by Gasteiger charge is 2.16. The quantitative estimate of drug-likeness (QED) is 0.670. The summed E-state index contributed by atoms with van der Waals surface area (Å²) in [5.41, 5.74) is 0.539. The fourth-order valence-electron chi connectivity index (χ4n) is 1.71. The van der Waals surface area contributed by atoms with Crippen LogP contribution in [0.2, 0.25) is 0 Å². The normalized spacial score (nSPS) is 10.1. The Hall–Kier alpha value is -2.60. The molecule has 0 bridgehead atoms. The molecule has 0 aliphatic carbocycles. The highest BCUT2D eigenvalue weighted by atomic mass is 16.6. The molecule has 0 spiro atoms. The monoisotopic (exact) mass is 275 g/mol. The molecule has 0 amide bonds. The Morgan fingerprint density at radius 1 is 1.15 bits per heavy atom. The summed E-state index contributed by atoms with van der Waals surface area (Å²) in [5, 5.41) is 20.0. The fourth-order valence-corrected chi connectivity index (χ4v) is 1.71. The number of nitrogens with zero attached hydrogens (tertiary/aromatic N) is 1. The maximum atomic E-state index is 10.9. The first-order chi connectivity index (χ1) is 9.65. The number of para-hydroxylation sites is 2. The lowest BCUT2D eigenvalue weighted by Gasteiger charge is -2.11. The molecular formula is C14H13NO5. The van der Waals surface area contributed by atoms with Crippen LogP contribution in [0.5, 0.6) is 17.2 Å². The van der Waals surface area contributed by atoms with E-state index in [-0.39, 0.29) is 18.0 Å². The highest BCUT2D eigenvalue weighted by Crippen LogP contribution is 2.36. The van der Waals surface area contributed by atoms with E-state index in [9.17, 15) is 10.1 Å². The van der Waals surface area contributed by atoms with Gasteiger partial charge in [0.2, 0.25) is 5.75 Å². The second-order valence-electron chi connectivity index (χ2n) is 3.97. The molecule has 2 aromatic carbocycles. The summed E-state index contributed by atoms with van der Waals surface area (Å²) in [7, 11) is 1.46. The van der Waals surface area contributed by atoms with Gasteiger partial charge in [0.25, 0.3) is 0 Å². The van der Waals surface area contributed by atoms with Gasteiger partial charge in [0, 0.05) is 6.07 Å². The Kier molecular flexibility index (Phi) is 4.17. The molecule has 1 N–H and O–H groups in total. The first-order valence-electron chi connectivity index (χ1n) is 5.84. The van der Waals surface area contributed by atoms with E-state index in [0.717, 1.165) is 0 Å². The molecule has 0 aromatic heterocycles. The minimum absolute atomic E-state index is 0.123. The number of hydrogen-bond donors (Lipinski definition) is 1. The molecule has 104 valence electrons. The lowest BCUT2D eigenvalue weighted by atomic mass is 10.2. The summed E-state index contributed by atoms with van der Waals surface area (Å²) in [5.74, 6) is 0.876. The molecule has 0 aliphatic rings. The predicted octanol–water partition coefficient (Wildman–Crippen LogP) is 2.89. The summed E-state index contributed by atoms with van der Waals surface area (Å²) >= 11 is 0. The van der Waals surface area contributed by atoms with Crippen LogP contribution in [0.3, 0.4) is 0 Å². The predicted molar refractivity (Wildman–Crippen MR) is 72.1 cm³/mol. The lowest BCUT2D eigenvalue weighted by molar-refractivity contribution is -0.385. The van der Waals surface area contributed by atoms with Gasteiger partial charge < -0.3 is 14.6 Å². The molecule has 0 radical (unpaired) electrons. The number of methoxy groups -OCH3 is 1. The number of benzene rings is 2. The fraction of sp³-hybridized carbons (Fsp3) is 0.143. The van der Waals surface area contributed by atoms with Crippen LogP contribution in [0.1, 0.15) is 5.56 Å². The maximum Gasteiger partial charge on any atom is 0.311 e. The van der Waals surface area contributed by atoms with Gasteiger partial charge in [0.15, 0.2) is 11.5 Å². The third-order valence-corrected chi connectivity index (χ3v) is 2.69. The van der Waals surface area contributed by atoms with Gasteiger partial charge in [0.1, 0.15) is 0 Å². The molecular weight excluding hydrogens is 262 g/mol. The van der Waals surface area contributed by atoms with Crippen molar-refractivity contribution in [3.8, 4) is 17.2 Å². The summed E-state index contributed by atoms with van der Waals surface area (Å²) in [6.45, 7) is -0.123. The number of nitro groups is 1. The van der Waals surface area contributed by atoms with Crippen molar-refractivity contribution < 1.29 is 19.5 Å². The van der Waals surface area contributed by atoms with Crippen molar-refractivity contribution >= 4 is 5.69 Å². The third kappa shape index (κ3) is 2.86. The van der Waals surface area contributed by atoms with Gasteiger partial charge in [-0.05, 0) is 23.8 Å². The van der Waals surface area contributed by atoms with E-state index in [1.807, 2.05) is 0 Å². The van der Waals surface area contributed by atoms with Gasteiger partial charge in [0.05, 0.1) is 18.6 Å². The molecule has 6 nitrogen and oxygen atoms in total. The van der Waals surface area contributed by atoms with Crippen LogP contribution < -0.4 is 9.47 Å². The van der Waals surface area contributed by atoms with Crippen molar-refractivity contribution in [3.63, 3.8) is 0 Å². The number of aliphatic hydroxyl groups excluding tert-OH is 1. The summed E-state index contributed by atoms with van der Waals surface area (Å²) < 4.78 is 10.7. The van der Waals surface area contributed by atoms with E-state index >= 15 is 0 Å². The van der Waals surface area contributed by atoms with E-state index < -0.39 is 4.92 Å². The number of ether oxygens (including phenoxy) is 2. The molecule has 0 aliphatic heterocycles. The van der Waals surface area contributed by atoms with Gasteiger partial charge in [-0.3, -0.25) is 10.1 Å². The van der Waals surface area contributed by atoms with Crippen molar-refractivity contribution in [3.05, 3.63) is 58.1 Å². The molecule has 2 aromatic rings. The van der Waals surface area contributed by atoms with Crippen molar-refractivity contribution in [2.45, 2.75) is 6.61 Å². The van der Waals surface area contributed by atoms with Gasteiger partial charge in [-0.2, -0.15) is 0 Å². The minimum atomic E-state index is -0.510. The average molecular weight is 275 g/mol. The lowest BCUT2D eigenvalue weighted by Crippen LogP contribution is -1.96. The molecule has 0 saturated heterocycles. The first kappa shape index (κ1) is 13.8. The number of rotatable bonds is 5. The minimum Gasteiger partial charge on any atom is -0.493 e. The van der Waals surface area contributed by atoms with Crippen molar-refractivity contribution in [2.75, 3.05) is 7.11 Å². The van der Waals surface area contributed by atoms with Crippen molar-refractivity contribution in [1.82, 2.24) is 0 Å². The SMILES string of the molecule is COc1cc(CO)ccc1Oc1ccccc1[N+](=O)[O-]. The molecule has 2 rings (SSSR count). The second-order valence-corrected chi connectivity index (χ2v) is 3.97. The van der Waals surface area contributed by atoms with E-state index in [1.54, 1.807) is 30.3 Å². The van der Waals surface area contributed by atoms with Crippen LogP contribution >= 0.6 is 0 Å². The Balaban J connectivity index is 2.37. The Morgan fingerprint density at radius 2 is 1.90 bits per heavy atom. The standard InChI is InChI=1S/C14H13NO5/c1-19-14-8-10(9-16)6-7-13(14)20-12-5-3-2-4-11(12)15(17)18/h2-8,16H,9H2,1H3. The Bertz CT molecular complexity index is 627. The van der Waals surface area contributed by atoms with E-state index in [2.05, 4.69) is 0 Å². The Morgan fingerprint density at radius 3 is 2.55 bits per heavy atom. The summed E-state index contributed by atoms with van der Waals surface area (Å²) in [4.78, 5) is 10.4. The number of aliphatic hydroxyl groups is 1. The smallest absolute Gasteiger partial charge is 0.311 e. The van der Waals surface area contributed by atoms with E-state index in [1.165, 1.54) is 19.2 Å². The van der Waals surface area contributed by atoms with Crippen LogP contribution in [-0.4, -0.2) is 17.1 Å². The molecule has 0 fully saturated rings. The van der Waals surface area contributed by atoms with Gasteiger partial charge >= 0.3 is 5.69 Å². The molecule has 0 atom stereocenters. The first-order valence-corrected chi connectivity index (χ1v) is 5.84. The average Bonchev–Trinajstić information content (AvgIpc) is 2.48. The molecule has 0 saturated carbocycles. The third-order valence-electron chi connectivity index (χ3n) is 2.69. The van der Waals surface area contributed by atoms with Crippen LogP contribution in [0, 0.1) is 10.1 Å². The molecule has 20 heavy (non-hydrogen) atoms. The Labute approximate surface area is 115 Å². The zero-order valence-corrected chi connectivity index (χ0v) is 10.8. The number of nitro benzene ring substituents is 1. The van der Waals surface area contributed by atoms with Crippen molar-refractivity contribution in [1.29, 1.82) is 0 Å². The summed E-state index contributed by atoms with van der Waals surface area (Å²) in [6, 6.07) is 11.0. The van der Waals surface area contributed by atoms with Crippen LogP contribution in [0.4, 0.5) is 5.69 Å².